The lowest BCUT2D eigenvalue weighted by atomic mass is 9.94. The van der Waals surface area contributed by atoms with Crippen LogP contribution in [0.25, 0.3) is 10.8 Å². The van der Waals surface area contributed by atoms with Crippen molar-refractivity contribution >= 4 is 68.4 Å². The molecule has 0 radical (unpaired) electrons. The van der Waals surface area contributed by atoms with Crippen LogP contribution in [0.3, 0.4) is 0 Å². The Labute approximate surface area is 233 Å². The molecule has 7 nitrogen and oxygen atoms in total. The molecule has 12 heteroatoms. The van der Waals surface area contributed by atoms with E-state index in [2.05, 4.69) is 15.5 Å². The van der Waals surface area contributed by atoms with Crippen molar-refractivity contribution in [1.29, 1.82) is 0 Å². The topological polar surface area (TPSA) is 102 Å². The first-order valence-electron chi connectivity index (χ1n) is 11.3. The van der Waals surface area contributed by atoms with Gasteiger partial charge in [0.05, 0.1) is 26.3 Å². The number of hydrogen-bond donors (Lipinski definition) is 2. The van der Waals surface area contributed by atoms with E-state index in [9.17, 15) is 13.2 Å². The van der Waals surface area contributed by atoms with Gasteiger partial charge in [0.15, 0.2) is 5.82 Å². The number of nitrogens with zero attached hydrogens (tertiary/aromatic N) is 2. The van der Waals surface area contributed by atoms with Gasteiger partial charge in [0.1, 0.15) is 10.7 Å². The van der Waals surface area contributed by atoms with Crippen molar-refractivity contribution in [1.82, 2.24) is 10.1 Å². The fourth-order valence-corrected chi connectivity index (χ4v) is 6.42. The van der Waals surface area contributed by atoms with Crippen molar-refractivity contribution in [3.05, 3.63) is 85.4 Å². The van der Waals surface area contributed by atoms with E-state index >= 15 is 0 Å². The van der Waals surface area contributed by atoms with Gasteiger partial charge in [-0.25, -0.2) is 8.42 Å². The zero-order valence-electron chi connectivity index (χ0n) is 19.3. The quantitative estimate of drug-likeness (QED) is 0.220. The Balaban J connectivity index is 1.31. The first-order chi connectivity index (χ1) is 17.7. The highest BCUT2D eigenvalue weighted by atomic mass is 35.5. The van der Waals surface area contributed by atoms with Crippen LogP contribution >= 0.6 is 46.1 Å². The summed E-state index contributed by atoms with van der Waals surface area (Å²) in [7, 11) is -2.56. The average molecular weight is 597 g/mol. The molecule has 192 valence electrons. The summed E-state index contributed by atoms with van der Waals surface area (Å²) in [6.07, 6.45) is 1.63. The fraction of sp³-hybridized carbons (Fsp3) is 0.240. The molecule has 1 fully saturated rings. The normalized spacial score (nSPS) is 15.1. The van der Waals surface area contributed by atoms with Gasteiger partial charge in [-0.15, -0.1) is 11.3 Å². The highest BCUT2D eigenvalue weighted by molar-refractivity contribution is 7.72. The first kappa shape index (κ1) is 26.2. The minimum atomic E-state index is -2.56. The van der Waals surface area contributed by atoms with Gasteiger partial charge in [0.2, 0.25) is 5.91 Å². The minimum Gasteiger partial charge on any atom is -0.333 e. The number of carbonyl (C=O) groups is 1. The van der Waals surface area contributed by atoms with Gasteiger partial charge >= 0.3 is 0 Å². The third kappa shape index (κ3) is 5.42. The molecule has 4 aromatic rings. The Morgan fingerprint density at radius 2 is 1.78 bits per heavy atom. The predicted molar refractivity (Wildman–Crippen MR) is 147 cm³/mol. The highest BCUT2D eigenvalue weighted by Crippen LogP contribution is 2.57. The molecule has 1 N–H and O–H groups in total. The van der Waals surface area contributed by atoms with E-state index < -0.39 is 21.4 Å². The standard InChI is InChI=1S/C25H20Cl3N3O4S2/c1-13(37(33)34)15-4-2-14(3-5-15)10-21(32)29-16-11-17(26)22(18(27)12-16)25(8-9-25)24-30-23(35-31-24)19-6-7-20(28)36-19/h2-7,11-13,37H,8-10H2,1H3,(H,29,32). The molecule has 0 spiro atoms. The van der Waals surface area contributed by atoms with Crippen LogP contribution in [0.1, 0.15) is 47.5 Å². The number of aromatic nitrogens is 2. The molecule has 1 saturated carbocycles. The monoisotopic (exact) mass is 595 g/mol. The summed E-state index contributed by atoms with van der Waals surface area (Å²) < 4.78 is 28.5. The zero-order valence-corrected chi connectivity index (χ0v) is 23.3. The highest BCUT2D eigenvalue weighted by Gasteiger charge is 2.52. The molecule has 1 amide bonds. The number of halogens is 3. The molecule has 1 atom stereocenters. The van der Waals surface area contributed by atoms with Crippen LogP contribution in [0.2, 0.25) is 14.4 Å². The second-order valence-corrected chi connectivity index (χ2v) is 12.7. The summed E-state index contributed by atoms with van der Waals surface area (Å²) in [5.74, 6) is 0.639. The lowest BCUT2D eigenvalue weighted by molar-refractivity contribution is -0.115. The van der Waals surface area contributed by atoms with Gasteiger partial charge in [0.25, 0.3) is 5.89 Å². The van der Waals surface area contributed by atoms with Crippen LogP contribution < -0.4 is 5.32 Å². The second kappa shape index (κ2) is 10.4. The predicted octanol–water partition coefficient (Wildman–Crippen LogP) is 6.69. The molecule has 5 rings (SSSR count). The van der Waals surface area contributed by atoms with Crippen LogP contribution in [0, 0.1) is 0 Å². The molecule has 0 saturated heterocycles. The van der Waals surface area contributed by atoms with Crippen molar-refractivity contribution in [3.63, 3.8) is 0 Å². The Hall–Kier alpha value is -2.43. The summed E-state index contributed by atoms with van der Waals surface area (Å²) in [5.41, 5.74) is 2.05. The van der Waals surface area contributed by atoms with Crippen LogP contribution in [0.5, 0.6) is 0 Å². The number of thiol groups is 1. The largest absolute Gasteiger partial charge is 0.333 e. The van der Waals surface area contributed by atoms with Crippen molar-refractivity contribution in [2.24, 2.45) is 0 Å². The van der Waals surface area contributed by atoms with E-state index in [1.165, 1.54) is 11.3 Å². The number of amides is 1. The van der Waals surface area contributed by atoms with E-state index in [1.807, 2.05) is 6.07 Å². The van der Waals surface area contributed by atoms with E-state index in [0.717, 1.165) is 23.3 Å². The number of thiophene rings is 1. The Kier molecular flexibility index (Phi) is 7.35. The van der Waals surface area contributed by atoms with Crippen molar-refractivity contribution in [3.8, 4) is 10.8 Å². The molecule has 0 bridgehead atoms. The Bertz CT molecular complexity index is 1530. The average Bonchev–Trinajstić information content (AvgIpc) is 3.25. The third-order valence-electron chi connectivity index (χ3n) is 6.34. The van der Waals surface area contributed by atoms with E-state index in [-0.39, 0.29) is 12.3 Å². The maximum atomic E-state index is 12.7. The maximum Gasteiger partial charge on any atom is 0.268 e. The first-order valence-corrected chi connectivity index (χ1v) is 14.5. The third-order valence-corrected chi connectivity index (χ3v) is 9.08. The van der Waals surface area contributed by atoms with Crippen LogP contribution in [0.15, 0.2) is 53.1 Å². The van der Waals surface area contributed by atoms with Gasteiger partial charge < -0.3 is 9.84 Å². The number of rotatable bonds is 8. The molecular weight excluding hydrogens is 577 g/mol. The van der Waals surface area contributed by atoms with Gasteiger partial charge in [-0.2, -0.15) is 4.98 Å². The van der Waals surface area contributed by atoms with Gasteiger partial charge in [0, 0.05) is 21.3 Å². The van der Waals surface area contributed by atoms with Gasteiger partial charge in [-0.3, -0.25) is 4.79 Å². The summed E-state index contributed by atoms with van der Waals surface area (Å²) >= 11 is 20.7. The van der Waals surface area contributed by atoms with Crippen molar-refractivity contribution in [2.75, 3.05) is 5.32 Å². The number of anilines is 1. The molecule has 1 aliphatic rings. The zero-order chi connectivity index (χ0) is 26.3. The summed E-state index contributed by atoms with van der Waals surface area (Å²) in [5, 5.41) is 7.24. The van der Waals surface area contributed by atoms with E-state index in [4.69, 9.17) is 39.3 Å². The van der Waals surface area contributed by atoms with Gasteiger partial charge in [-0.05, 0) is 55.2 Å². The smallest absolute Gasteiger partial charge is 0.268 e. The number of hydrogen-bond acceptors (Lipinski definition) is 7. The number of carbonyl (C=O) groups excluding carboxylic acids is 1. The molecular formula is C25H20Cl3N3O4S2. The summed E-state index contributed by atoms with van der Waals surface area (Å²) in [6.45, 7) is 1.62. The van der Waals surface area contributed by atoms with E-state index in [0.29, 0.717) is 42.9 Å². The number of nitrogens with one attached hydrogen (secondary N) is 1. The van der Waals surface area contributed by atoms with Crippen LogP contribution in [-0.4, -0.2) is 24.5 Å². The minimum absolute atomic E-state index is 0.109. The summed E-state index contributed by atoms with van der Waals surface area (Å²) in [6, 6.07) is 13.8. The molecule has 2 aromatic heterocycles. The molecule has 2 heterocycles. The molecule has 0 aliphatic heterocycles. The lowest BCUT2D eigenvalue weighted by Crippen LogP contribution is -2.16. The molecule has 37 heavy (non-hydrogen) atoms. The Morgan fingerprint density at radius 1 is 1.11 bits per heavy atom. The van der Waals surface area contributed by atoms with E-state index in [1.54, 1.807) is 49.4 Å². The molecule has 2 aromatic carbocycles. The maximum absolute atomic E-state index is 12.7. The van der Waals surface area contributed by atoms with Crippen LogP contribution in [-0.2, 0) is 27.3 Å². The molecule has 1 aliphatic carbocycles. The molecule has 1 unspecified atom stereocenters. The fourth-order valence-electron chi connectivity index (χ4n) is 4.19. The number of benzene rings is 2. The lowest BCUT2D eigenvalue weighted by Gasteiger charge is -2.17. The summed E-state index contributed by atoms with van der Waals surface area (Å²) in [4.78, 5) is 18.0. The SMILES string of the molecule is CC(c1ccc(CC(=O)Nc2cc(Cl)c(C3(c4noc(-c5ccc(Cl)s5)n4)CC3)c(Cl)c2)cc1)[SH](=O)=O. The second-order valence-electron chi connectivity index (χ2n) is 8.85. The van der Waals surface area contributed by atoms with Gasteiger partial charge in [-0.1, -0.05) is 64.2 Å². The van der Waals surface area contributed by atoms with Crippen molar-refractivity contribution in [2.45, 2.75) is 36.9 Å². The van der Waals surface area contributed by atoms with Crippen LogP contribution in [0.4, 0.5) is 5.69 Å². The van der Waals surface area contributed by atoms with Crippen molar-refractivity contribution < 1.29 is 17.7 Å². The Morgan fingerprint density at radius 3 is 2.35 bits per heavy atom.